The van der Waals surface area contributed by atoms with E-state index in [0.717, 1.165) is 25.9 Å². The van der Waals surface area contributed by atoms with E-state index in [9.17, 15) is 9.59 Å². The highest BCUT2D eigenvalue weighted by Gasteiger charge is 2.39. The molecule has 1 saturated heterocycles. The van der Waals surface area contributed by atoms with Crippen molar-refractivity contribution in [2.24, 2.45) is 17.8 Å². The van der Waals surface area contributed by atoms with E-state index in [1.807, 2.05) is 12.1 Å². The van der Waals surface area contributed by atoms with Crippen LogP contribution in [-0.4, -0.2) is 30.9 Å². The van der Waals surface area contributed by atoms with E-state index in [2.05, 4.69) is 29.8 Å². The standard InChI is InChI=1S/C18H25N3O2/c1-11-6-7-19-10-16(11)21-17(22)13-4-3-5-14(9-13)20-18(23)15-8-12(15)2/h3-5,9,11-12,15-16,19H,6-8,10H2,1-2H3,(H,20,23)(H,21,22). The quantitative estimate of drug-likeness (QED) is 0.796. The molecule has 0 aromatic heterocycles. The van der Waals surface area contributed by atoms with Crippen molar-refractivity contribution in [3.8, 4) is 0 Å². The molecule has 23 heavy (non-hydrogen) atoms. The minimum absolute atomic E-state index is 0.0557. The molecular weight excluding hydrogens is 290 g/mol. The molecule has 1 aliphatic heterocycles. The van der Waals surface area contributed by atoms with E-state index in [4.69, 9.17) is 0 Å². The van der Waals surface area contributed by atoms with Crippen molar-refractivity contribution < 1.29 is 9.59 Å². The van der Waals surface area contributed by atoms with E-state index in [-0.39, 0.29) is 23.8 Å². The molecule has 5 heteroatoms. The second-order valence-corrected chi connectivity index (χ2v) is 6.94. The van der Waals surface area contributed by atoms with Gasteiger partial charge in [0.1, 0.15) is 0 Å². The number of amides is 2. The first-order valence-corrected chi connectivity index (χ1v) is 8.47. The lowest BCUT2D eigenvalue weighted by atomic mass is 9.94. The number of piperidine rings is 1. The van der Waals surface area contributed by atoms with Crippen molar-refractivity contribution in [2.45, 2.75) is 32.7 Å². The van der Waals surface area contributed by atoms with Gasteiger partial charge in [0.15, 0.2) is 0 Å². The fourth-order valence-electron chi connectivity index (χ4n) is 3.10. The molecule has 2 aliphatic rings. The molecule has 124 valence electrons. The monoisotopic (exact) mass is 315 g/mol. The van der Waals surface area contributed by atoms with Gasteiger partial charge in [0.05, 0.1) is 0 Å². The third-order valence-corrected chi connectivity index (χ3v) is 4.98. The van der Waals surface area contributed by atoms with E-state index in [1.165, 1.54) is 0 Å². The molecule has 1 aliphatic carbocycles. The first kappa shape index (κ1) is 16.0. The highest BCUT2D eigenvalue weighted by molar-refractivity contribution is 5.98. The maximum Gasteiger partial charge on any atom is 0.251 e. The Morgan fingerprint density at radius 2 is 2.00 bits per heavy atom. The molecule has 0 bridgehead atoms. The van der Waals surface area contributed by atoms with Crippen LogP contribution in [0.15, 0.2) is 24.3 Å². The summed E-state index contributed by atoms with van der Waals surface area (Å²) in [6.07, 6.45) is 2.03. The number of nitrogens with one attached hydrogen (secondary N) is 3. The number of hydrogen-bond acceptors (Lipinski definition) is 3. The summed E-state index contributed by atoms with van der Waals surface area (Å²) in [7, 11) is 0. The predicted octanol–water partition coefficient (Wildman–Crippen LogP) is 2.01. The summed E-state index contributed by atoms with van der Waals surface area (Å²) in [6.45, 7) is 6.06. The normalized spacial score (nSPS) is 29.7. The van der Waals surface area contributed by atoms with Crippen LogP contribution in [-0.2, 0) is 4.79 Å². The Labute approximate surface area is 137 Å². The molecule has 1 aromatic carbocycles. The van der Waals surface area contributed by atoms with Crippen molar-refractivity contribution >= 4 is 17.5 Å². The van der Waals surface area contributed by atoms with E-state index in [0.29, 0.717) is 23.1 Å². The van der Waals surface area contributed by atoms with Gasteiger partial charge in [-0.2, -0.15) is 0 Å². The van der Waals surface area contributed by atoms with Gasteiger partial charge in [-0.1, -0.05) is 19.9 Å². The number of hydrogen-bond donors (Lipinski definition) is 3. The van der Waals surface area contributed by atoms with Crippen molar-refractivity contribution in [1.82, 2.24) is 10.6 Å². The Kier molecular flexibility index (Phi) is 4.66. The zero-order valence-electron chi connectivity index (χ0n) is 13.8. The van der Waals surface area contributed by atoms with Crippen LogP contribution in [0.3, 0.4) is 0 Å². The molecule has 2 amide bonds. The lowest BCUT2D eigenvalue weighted by Crippen LogP contribution is -2.50. The number of carbonyl (C=O) groups excluding carboxylic acids is 2. The Bertz CT molecular complexity index is 602. The smallest absolute Gasteiger partial charge is 0.251 e. The van der Waals surface area contributed by atoms with Gasteiger partial charge in [-0.15, -0.1) is 0 Å². The van der Waals surface area contributed by atoms with Crippen LogP contribution in [0, 0.1) is 17.8 Å². The minimum atomic E-state index is -0.0820. The third kappa shape index (κ3) is 3.91. The zero-order valence-corrected chi connectivity index (χ0v) is 13.8. The van der Waals surface area contributed by atoms with Crippen LogP contribution in [0.1, 0.15) is 37.0 Å². The second kappa shape index (κ2) is 6.71. The fraction of sp³-hybridized carbons (Fsp3) is 0.556. The summed E-state index contributed by atoms with van der Waals surface area (Å²) < 4.78 is 0. The molecule has 0 radical (unpaired) electrons. The molecule has 0 spiro atoms. The average molecular weight is 315 g/mol. The Morgan fingerprint density at radius 1 is 1.22 bits per heavy atom. The predicted molar refractivity (Wildman–Crippen MR) is 90.2 cm³/mol. The lowest BCUT2D eigenvalue weighted by Gasteiger charge is -2.30. The van der Waals surface area contributed by atoms with Crippen LogP contribution in [0.5, 0.6) is 0 Å². The van der Waals surface area contributed by atoms with Crippen LogP contribution in [0.25, 0.3) is 0 Å². The lowest BCUT2D eigenvalue weighted by molar-refractivity contribution is -0.117. The van der Waals surface area contributed by atoms with Crippen LogP contribution in [0.4, 0.5) is 5.69 Å². The highest BCUT2D eigenvalue weighted by atomic mass is 16.2. The second-order valence-electron chi connectivity index (χ2n) is 6.94. The SMILES string of the molecule is CC1CCNCC1NC(=O)c1cccc(NC(=O)C2CC2C)c1. The van der Waals surface area contributed by atoms with Crippen molar-refractivity contribution in [2.75, 3.05) is 18.4 Å². The molecule has 5 nitrogen and oxygen atoms in total. The van der Waals surface area contributed by atoms with Gasteiger partial charge in [-0.25, -0.2) is 0 Å². The molecule has 1 aromatic rings. The van der Waals surface area contributed by atoms with Gasteiger partial charge in [-0.3, -0.25) is 9.59 Å². The van der Waals surface area contributed by atoms with Gasteiger partial charge in [0.2, 0.25) is 5.91 Å². The number of carbonyl (C=O) groups is 2. The molecule has 2 fully saturated rings. The molecule has 3 rings (SSSR count). The molecule has 4 unspecified atom stereocenters. The summed E-state index contributed by atoms with van der Waals surface area (Å²) in [4.78, 5) is 24.4. The molecule has 1 saturated carbocycles. The highest BCUT2D eigenvalue weighted by Crippen LogP contribution is 2.38. The maximum atomic E-state index is 12.4. The Morgan fingerprint density at radius 3 is 2.70 bits per heavy atom. The first-order chi connectivity index (χ1) is 11.0. The van der Waals surface area contributed by atoms with E-state index >= 15 is 0 Å². The Balaban J connectivity index is 1.62. The van der Waals surface area contributed by atoms with E-state index < -0.39 is 0 Å². The number of anilines is 1. The summed E-state index contributed by atoms with van der Waals surface area (Å²) in [5, 5.41) is 9.32. The largest absolute Gasteiger partial charge is 0.348 e. The van der Waals surface area contributed by atoms with Crippen LogP contribution in [0.2, 0.25) is 0 Å². The summed E-state index contributed by atoms with van der Waals surface area (Å²) in [5.41, 5.74) is 1.28. The van der Waals surface area contributed by atoms with Gasteiger partial charge in [0, 0.05) is 29.8 Å². The van der Waals surface area contributed by atoms with Gasteiger partial charge in [-0.05, 0) is 49.4 Å². The molecule has 3 N–H and O–H groups in total. The minimum Gasteiger partial charge on any atom is -0.348 e. The topological polar surface area (TPSA) is 70.2 Å². The number of benzene rings is 1. The van der Waals surface area contributed by atoms with Crippen molar-refractivity contribution in [1.29, 1.82) is 0 Å². The van der Waals surface area contributed by atoms with Gasteiger partial charge in [0.25, 0.3) is 5.91 Å². The molecule has 4 atom stereocenters. The fourth-order valence-corrected chi connectivity index (χ4v) is 3.10. The average Bonchev–Trinajstić information content (AvgIpc) is 3.27. The molecular formula is C18H25N3O2. The van der Waals surface area contributed by atoms with Gasteiger partial charge >= 0.3 is 0 Å². The zero-order chi connectivity index (χ0) is 16.4. The Hall–Kier alpha value is -1.88. The van der Waals surface area contributed by atoms with Crippen molar-refractivity contribution in [3.05, 3.63) is 29.8 Å². The van der Waals surface area contributed by atoms with E-state index in [1.54, 1.807) is 12.1 Å². The number of rotatable bonds is 4. The maximum absolute atomic E-state index is 12.4. The van der Waals surface area contributed by atoms with Crippen LogP contribution >= 0.6 is 0 Å². The summed E-state index contributed by atoms with van der Waals surface area (Å²) >= 11 is 0. The van der Waals surface area contributed by atoms with Gasteiger partial charge < -0.3 is 16.0 Å². The summed E-state index contributed by atoms with van der Waals surface area (Å²) in [6, 6.07) is 7.32. The third-order valence-electron chi connectivity index (χ3n) is 4.98. The van der Waals surface area contributed by atoms with Crippen molar-refractivity contribution in [3.63, 3.8) is 0 Å². The molecule has 1 heterocycles. The van der Waals surface area contributed by atoms with Crippen LogP contribution < -0.4 is 16.0 Å². The first-order valence-electron chi connectivity index (χ1n) is 8.47. The summed E-state index contributed by atoms with van der Waals surface area (Å²) in [5.74, 6) is 1.05.